The fourth-order valence-corrected chi connectivity index (χ4v) is 2.27. The van der Waals surface area contributed by atoms with Crippen LogP contribution in [-0.4, -0.2) is 19.9 Å². The molecule has 0 bridgehead atoms. The number of nitro benzene ring substituents is 1. The van der Waals surface area contributed by atoms with Gasteiger partial charge in [-0.25, -0.2) is 9.97 Å². The van der Waals surface area contributed by atoms with Crippen LogP contribution < -0.4 is 10.6 Å². The van der Waals surface area contributed by atoms with Crippen LogP contribution in [0.3, 0.4) is 0 Å². The van der Waals surface area contributed by atoms with Crippen LogP contribution in [0, 0.1) is 10.1 Å². The second-order valence-electron chi connectivity index (χ2n) is 5.25. The summed E-state index contributed by atoms with van der Waals surface area (Å²) in [5.41, 5.74) is 2.30. The van der Waals surface area contributed by atoms with Gasteiger partial charge in [0.05, 0.1) is 10.6 Å². The molecule has 2 N–H and O–H groups in total. The Morgan fingerprint density at radius 3 is 2.64 bits per heavy atom. The number of nitro groups is 1. The first-order valence-corrected chi connectivity index (χ1v) is 7.63. The molecule has 2 heterocycles. The Morgan fingerprint density at radius 2 is 1.84 bits per heavy atom. The lowest BCUT2D eigenvalue weighted by Gasteiger charge is -2.08. The van der Waals surface area contributed by atoms with Crippen molar-refractivity contribution in [3.8, 4) is 0 Å². The number of nitrogens with one attached hydrogen (secondary N) is 2. The Labute approximate surface area is 144 Å². The van der Waals surface area contributed by atoms with Crippen molar-refractivity contribution in [2.24, 2.45) is 0 Å². The van der Waals surface area contributed by atoms with E-state index in [1.54, 1.807) is 36.7 Å². The van der Waals surface area contributed by atoms with Crippen LogP contribution in [0.1, 0.15) is 11.3 Å². The zero-order valence-electron chi connectivity index (χ0n) is 13.3. The summed E-state index contributed by atoms with van der Waals surface area (Å²) in [5, 5.41) is 17.3. The molecule has 0 saturated heterocycles. The number of hydrogen-bond donors (Lipinski definition) is 2. The Hall–Kier alpha value is -3.39. The van der Waals surface area contributed by atoms with E-state index in [9.17, 15) is 10.1 Å². The highest BCUT2D eigenvalue weighted by molar-refractivity contribution is 5.67. The Kier molecular flexibility index (Phi) is 5.22. The van der Waals surface area contributed by atoms with Crippen LogP contribution in [0.5, 0.6) is 0 Å². The molecule has 3 rings (SSSR count). The fraction of sp³-hybridized carbons (Fsp3) is 0.118. The second-order valence-corrected chi connectivity index (χ2v) is 5.25. The Balaban J connectivity index is 1.65. The highest BCUT2D eigenvalue weighted by Crippen LogP contribution is 2.26. The van der Waals surface area contributed by atoms with Crippen LogP contribution in [0.15, 0.2) is 61.2 Å². The molecule has 0 atom stereocenters. The first-order valence-electron chi connectivity index (χ1n) is 7.63. The maximum atomic E-state index is 11.1. The van der Waals surface area contributed by atoms with Gasteiger partial charge >= 0.3 is 0 Å². The molecule has 0 aliphatic carbocycles. The van der Waals surface area contributed by atoms with Gasteiger partial charge in [-0.05, 0) is 23.8 Å². The Bertz CT molecular complexity index is 857. The summed E-state index contributed by atoms with van der Waals surface area (Å²) >= 11 is 0. The average molecular weight is 336 g/mol. The quantitative estimate of drug-likeness (QED) is 0.505. The minimum atomic E-state index is -0.430. The van der Waals surface area contributed by atoms with Crippen LogP contribution in [0.2, 0.25) is 0 Å². The smallest absolute Gasteiger partial charge is 0.292 e. The van der Waals surface area contributed by atoms with E-state index in [1.807, 2.05) is 12.1 Å². The monoisotopic (exact) mass is 336 g/mol. The van der Waals surface area contributed by atoms with E-state index in [0.29, 0.717) is 24.6 Å². The summed E-state index contributed by atoms with van der Waals surface area (Å²) in [4.78, 5) is 23.0. The molecule has 2 aromatic heterocycles. The molecule has 0 amide bonds. The van der Waals surface area contributed by atoms with Gasteiger partial charge in [0.15, 0.2) is 0 Å². The van der Waals surface area contributed by atoms with E-state index in [4.69, 9.17) is 0 Å². The topological polar surface area (TPSA) is 106 Å². The Morgan fingerprint density at radius 1 is 1.04 bits per heavy atom. The van der Waals surface area contributed by atoms with E-state index < -0.39 is 4.92 Å². The van der Waals surface area contributed by atoms with Crippen molar-refractivity contribution in [2.75, 3.05) is 5.32 Å². The maximum absolute atomic E-state index is 11.1. The predicted octanol–water partition coefficient (Wildman–Crippen LogP) is 2.81. The molecule has 0 spiro atoms. The fourth-order valence-electron chi connectivity index (χ4n) is 2.27. The van der Waals surface area contributed by atoms with E-state index in [0.717, 1.165) is 11.3 Å². The lowest BCUT2D eigenvalue weighted by molar-refractivity contribution is -0.383. The van der Waals surface area contributed by atoms with Crippen molar-refractivity contribution in [2.45, 2.75) is 13.1 Å². The number of benzene rings is 1. The number of hydrogen-bond acceptors (Lipinski definition) is 7. The van der Waals surface area contributed by atoms with Gasteiger partial charge in [-0.2, -0.15) is 0 Å². The summed E-state index contributed by atoms with van der Waals surface area (Å²) < 4.78 is 0. The molecular formula is C17H16N6O2. The summed E-state index contributed by atoms with van der Waals surface area (Å²) in [7, 11) is 0. The van der Waals surface area contributed by atoms with E-state index >= 15 is 0 Å². The third-order valence-electron chi connectivity index (χ3n) is 3.47. The molecule has 8 nitrogen and oxygen atoms in total. The van der Waals surface area contributed by atoms with Gasteiger partial charge in [0.25, 0.3) is 5.69 Å². The average Bonchev–Trinajstić information content (AvgIpc) is 2.63. The number of rotatable bonds is 7. The van der Waals surface area contributed by atoms with Crippen LogP contribution in [0.4, 0.5) is 17.2 Å². The largest absolute Gasteiger partial charge is 0.335 e. The van der Waals surface area contributed by atoms with Gasteiger partial charge in [-0.15, -0.1) is 0 Å². The second kappa shape index (κ2) is 7.93. The van der Waals surface area contributed by atoms with E-state index in [1.165, 1.54) is 12.4 Å². The van der Waals surface area contributed by atoms with Gasteiger partial charge < -0.3 is 10.6 Å². The molecule has 0 radical (unpaired) electrons. The van der Waals surface area contributed by atoms with Crippen molar-refractivity contribution in [1.82, 2.24) is 20.3 Å². The van der Waals surface area contributed by atoms with Crippen LogP contribution >= 0.6 is 0 Å². The summed E-state index contributed by atoms with van der Waals surface area (Å²) in [6.45, 7) is 1.25. The number of nitrogens with zero attached hydrogens (tertiary/aromatic N) is 4. The van der Waals surface area contributed by atoms with Gasteiger partial charge in [0.2, 0.25) is 0 Å². The van der Waals surface area contributed by atoms with E-state index in [-0.39, 0.29) is 5.69 Å². The SMILES string of the molecule is O=[N+]([O-])c1ccccc1Nc1cc(CNCc2ccncc2)ncn1. The highest BCUT2D eigenvalue weighted by Gasteiger charge is 2.12. The molecule has 0 fully saturated rings. The summed E-state index contributed by atoms with van der Waals surface area (Å²) in [6.07, 6.45) is 4.92. The minimum absolute atomic E-state index is 0.00141. The molecule has 0 aliphatic heterocycles. The molecule has 25 heavy (non-hydrogen) atoms. The van der Waals surface area contributed by atoms with Crippen LogP contribution in [0.25, 0.3) is 0 Å². The zero-order chi connectivity index (χ0) is 17.5. The molecule has 1 aromatic carbocycles. The standard InChI is InChI=1S/C17H16N6O2/c24-23(25)16-4-2-1-3-15(16)22-17-9-14(20-12-21-17)11-19-10-13-5-7-18-8-6-13/h1-9,12,19H,10-11H2,(H,20,21,22). The molecule has 0 aliphatic rings. The normalized spacial score (nSPS) is 10.4. The third kappa shape index (κ3) is 4.55. The van der Waals surface area contributed by atoms with Gasteiger partial charge in [-0.3, -0.25) is 15.1 Å². The molecule has 8 heteroatoms. The third-order valence-corrected chi connectivity index (χ3v) is 3.47. The van der Waals surface area contributed by atoms with Gasteiger partial charge in [0, 0.05) is 37.6 Å². The number of pyridine rings is 1. The molecule has 0 unspecified atom stereocenters. The van der Waals surface area contributed by atoms with Crippen molar-refractivity contribution in [1.29, 1.82) is 0 Å². The van der Waals surface area contributed by atoms with Crippen molar-refractivity contribution in [3.05, 3.63) is 82.6 Å². The summed E-state index contributed by atoms with van der Waals surface area (Å²) in [5.74, 6) is 0.505. The molecule has 126 valence electrons. The number of anilines is 2. The minimum Gasteiger partial charge on any atom is -0.335 e. The lowest BCUT2D eigenvalue weighted by atomic mass is 10.2. The van der Waals surface area contributed by atoms with E-state index in [2.05, 4.69) is 25.6 Å². The zero-order valence-corrected chi connectivity index (χ0v) is 13.3. The number of para-hydroxylation sites is 2. The molecular weight excluding hydrogens is 320 g/mol. The number of aromatic nitrogens is 3. The first-order chi connectivity index (χ1) is 12.2. The lowest BCUT2D eigenvalue weighted by Crippen LogP contribution is -2.14. The highest BCUT2D eigenvalue weighted by atomic mass is 16.6. The maximum Gasteiger partial charge on any atom is 0.292 e. The molecule has 0 saturated carbocycles. The predicted molar refractivity (Wildman–Crippen MR) is 93.2 cm³/mol. The molecule has 3 aromatic rings. The van der Waals surface area contributed by atoms with Crippen LogP contribution in [-0.2, 0) is 13.1 Å². The summed E-state index contributed by atoms with van der Waals surface area (Å²) in [6, 6.07) is 12.1. The van der Waals surface area contributed by atoms with Crippen molar-refractivity contribution in [3.63, 3.8) is 0 Å². The van der Waals surface area contributed by atoms with Gasteiger partial charge in [0.1, 0.15) is 17.8 Å². The van der Waals surface area contributed by atoms with Crippen molar-refractivity contribution < 1.29 is 4.92 Å². The van der Waals surface area contributed by atoms with Gasteiger partial charge in [-0.1, -0.05) is 12.1 Å². The first kappa shape index (κ1) is 16.5. The van der Waals surface area contributed by atoms with Crippen molar-refractivity contribution >= 4 is 17.2 Å².